The van der Waals surface area contributed by atoms with Crippen LogP contribution in [0.15, 0.2) is 36.4 Å². The number of rotatable bonds is 5. The molecule has 0 saturated heterocycles. The van der Waals surface area contributed by atoms with Crippen LogP contribution in [0.1, 0.15) is 5.56 Å². The monoisotopic (exact) mass is 326 g/mol. The van der Waals surface area contributed by atoms with E-state index in [1.165, 1.54) is 12.1 Å². The number of nitro groups is 1. The van der Waals surface area contributed by atoms with Crippen molar-refractivity contribution in [1.29, 1.82) is 0 Å². The molecule has 2 aromatic carbocycles. The molecule has 0 fully saturated rings. The van der Waals surface area contributed by atoms with Gasteiger partial charge in [-0.25, -0.2) is 0 Å². The normalized spacial score (nSPS) is 10.4. The van der Waals surface area contributed by atoms with Gasteiger partial charge in [-0.05, 0) is 25.2 Å². The molecular formula is C14H12Cl2N2O3. The number of ether oxygens (including phenoxy) is 1. The molecule has 0 spiro atoms. The first kappa shape index (κ1) is 15.6. The van der Waals surface area contributed by atoms with Gasteiger partial charge in [0.2, 0.25) is 0 Å². The lowest BCUT2D eigenvalue weighted by molar-refractivity contribution is -0.384. The predicted octanol–water partition coefficient (Wildman–Crippen LogP) is 4.41. The zero-order chi connectivity index (χ0) is 15.4. The summed E-state index contributed by atoms with van der Waals surface area (Å²) in [6, 6.07) is 9.33. The first-order valence-electron chi connectivity index (χ1n) is 6.06. The second-order valence-corrected chi connectivity index (χ2v) is 5.07. The largest absolute Gasteiger partial charge is 0.457 e. The Morgan fingerprint density at radius 3 is 2.57 bits per heavy atom. The molecule has 0 aliphatic rings. The molecule has 5 nitrogen and oxygen atoms in total. The molecule has 1 N–H and O–H groups in total. The van der Waals surface area contributed by atoms with Gasteiger partial charge in [0, 0.05) is 30.3 Å². The third kappa shape index (κ3) is 3.85. The Labute approximate surface area is 131 Å². The van der Waals surface area contributed by atoms with E-state index in [9.17, 15) is 10.1 Å². The number of nitrogens with one attached hydrogen (secondary N) is 1. The van der Waals surface area contributed by atoms with Gasteiger partial charge in [0.1, 0.15) is 11.5 Å². The summed E-state index contributed by atoms with van der Waals surface area (Å²) >= 11 is 11.8. The standard InChI is InChI=1S/C14H12Cl2N2O3/c1-17-8-9-6-10(18(19)20)2-5-14(9)21-11-3-4-12(15)13(16)7-11/h2-7,17H,8H2,1H3. The summed E-state index contributed by atoms with van der Waals surface area (Å²) in [5.74, 6) is 1.03. The number of nitro benzene ring substituents is 1. The van der Waals surface area contributed by atoms with Crippen molar-refractivity contribution in [3.8, 4) is 11.5 Å². The number of non-ortho nitro benzene ring substituents is 1. The molecule has 0 bridgehead atoms. The SMILES string of the molecule is CNCc1cc([N+](=O)[O-])ccc1Oc1ccc(Cl)c(Cl)c1. The van der Waals surface area contributed by atoms with Crippen LogP contribution in [0.3, 0.4) is 0 Å². The van der Waals surface area contributed by atoms with Crippen molar-refractivity contribution in [2.75, 3.05) is 7.05 Å². The maximum Gasteiger partial charge on any atom is 0.270 e. The highest BCUT2D eigenvalue weighted by molar-refractivity contribution is 6.42. The lowest BCUT2D eigenvalue weighted by Crippen LogP contribution is -2.07. The van der Waals surface area contributed by atoms with Gasteiger partial charge in [0.15, 0.2) is 0 Å². The van der Waals surface area contributed by atoms with E-state index < -0.39 is 4.92 Å². The van der Waals surface area contributed by atoms with Gasteiger partial charge in [-0.1, -0.05) is 23.2 Å². The highest BCUT2D eigenvalue weighted by Crippen LogP contribution is 2.32. The average Bonchev–Trinajstić information content (AvgIpc) is 2.45. The smallest absolute Gasteiger partial charge is 0.270 e. The van der Waals surface area contributed by atoms with Crippen molar-refractivity contribution in [2.45, 2.75) is 6.54 Å². The van der Waals surface area contributed by atoms with E-state index in [0.717, 1.165) is 0 Å². The van der Waals surface area contributed by atoms with Crippen LogP contribution in [-0.2, 0) is 6.54 Å². The van der Waals surface area contributed by atoms with E-state index in [1.807, 2.05) is 0 Å². The number of benzene rings is 2. The first-order valence-corrected chi connectivity index (χ1v) is 6.81. The summed E-state index contributed by atoms with van der Waals surface area (Å²) in [5, 5.41) is 14.6. The molecule has 0 aliphatic heterocycles. The summed E-state index contributed by atoms with van der Waals surface area (Å²) in [5.41, 5.74) is 0.694. The van der Waals surface area contributed by atoms with Gasteiger partial charge in [-0.3, -0.25) is 10.1 Å². The minimum atomic E-state index is -0.442. The van der Waals surface area contributed by atoms with Gasteiger partial charge >= 0.3 is 0 Å². The second-order valence-electron chi connectivity index (χ2n) is 4.26. The van der Waals surface area contributed by atoms with Crippen molar-refractivity contribution < 1.29 is 9.66 Å². The summed E-state index contributed by atoms with van der Waals surface area (Å²) in [6.07, 6.45) is 0. The number of halogens is 2. The molecule has 21 heavy (non-hydrogen) atoms. The van der Waals surface area contributed by atoms with E-state index in [2.05, 4.69) is 5.32 Å². The van der Waals surface area contributed by atoms with Gasteiger partial charge in [-0.15, -0.1) is 0 Å². The van der Waals surface area contributed by atoms with E-state index in [1.54, 1.807) is 31.3 Å². The maximum absolute atomic E-state index is 10.8. The minimum absolute atomic E-state index is 0.0155. The van der Waals surface area contributed by atoms with E-state index in [4.69, 9.17) is 27.9 Å². The molecule has 0 aromatic heterocycles. The highest BCUT2D eigenvalue weighted by atomic mass is 35.5. The third-order valence-corrected chi connectivity index (χ3v) is 3.48. The summed E-state index contributed by atoms with van der Waals surface area (Å²) in [7, 11) is 1.75. The lowest BCUT2D eigenvalue weighted by Gasteiger charge is -2.11. The Morgan fingerprint density at radius 2 is 1.95 bits per heavy atom. The second kappa shape index (κ2) is 6.76. The van der Waals surface area contributed by atoms with Crippen molar-refractivity contribution in [3.05, 3.63) is 62.1 Å². The van der Waals surface area contributed by atoms with Crippen molar-refractivity contribution in [3.63, 3.8) is 0 Å². The maximum atomic E-state index is 10.8. The fraction of sp³-hybridized carbons (Fsp3) is 0.143. The summed E-state index contributed by atoms with van der Waals surface area (Å²) in [6.45, 7) is 0.443. The summed E-state index contributed by atoms with van der Waals surface area (Å²) < 4.78 is 5.73. The molecule has 110 valence electrons. The van der Waals surface area contributed by atoms with Crippen LogP contribution in [0.25, 0.3) is 0 Å². The minimum Gasteiger partial charge on any atom is -0.457 e. The van der Waals surface area contributed by atoms with Crippen molar-refractivity contribution >= 4 is 28.9 Å². The van der Waals surface area contributed by atoms with Gasteiger partial charge in [0.25, 0.3) is 5.69 Å². The molecule has 0 radical (unpaired) electrons. The van der Waals surface area contributed by atoms with Crippen LogP contribution >= 0.6 is 23.2 Å². The van der Waals surface area contributed by atoms with E-state index >= 15 is 0 Å². The molecular weight excluding hydrogens is 315 g/mol. The fourth-order valence-electron chi connectivity index (χ4n) is 1.77. The van der Waals surface area contributed by atoms with E-state index in [-0.39, 0.29) is 5.69 Å². The first-order chi connectivity index (χ1) is 10.0. The zero-order valence-corrected chi connectivity index (χ0v) is 12.6. The van der Waals surface area contributed by atoms with Crippen LogP contribution in [-0.4, -0.2) is 12.0 Å². The Hall–Kier alpha value is -1.82. The molecule has 0 unspecified atom stereocenters. The Bertz CT molecular complexity index is 677. The topological polar surface area (TPSA) is 64.4 Å². The molecule has 0 saturated carbocycles. The van der Waals surface area contributed by atoms with Crippen LogP contribution in [0.4, 0.5) is 5.69 Å². The average molecular weight is 327 g/mol. The quantitative estimate of drug-likeness (QED) is 0.652. The molecule has 7 heteroatoms. The molecule has 2 aromatic rings. The Kier molecular flexibility index (Phi) is 5.01. The zero-order valence-electron chi connectivity index (χ0n) is 11.1. The fourth-order valence-corrected chi connectivity index (χ4v) is 2.06. The van der Waals surface area contributed by atoms with Crippen molar-refractivity contribution in [1.82, 2.24) is 5.32 Å². The Morgan fingerprint density at radius 1 is 1.19 bits per heavy atom. The molecule has 0 aliphatic carbocycles. The Balaban J connectivity index is 2.33. The van der Waals surface area contributed by atoms with Crippen molar-refractivity contribution in [2.24, 2.45) is 0 Å². The van der Waals surface area contributed by atoms with Crippen LogP contribution in [0.2, 0.25) is 10.0 Å². The molecule has 0 heterocycles. The third-order valence-electron chi connectivity index (χ3n) is 2.74. The molecule has 2 rings (SSSR count). The summed E-state index contributed by atoms with van der Waals surface area (Å²) in [4.78, 5) is 10.4. The lowest BCUT2D eigenvalue weighted by atomic mass is 10.1. The molecule has 0 atom stereocenters. The van der Waals surface area contributed by atoms with E-state index in [0.29, 0.717) is 33.7 Å². The number of hydrogen-bond acceptors (Lipinski definition) is 4. The van der Waals surface area contributed by atoms with Crippen LogP contribution in [0, 0.1) is 10.1 Å². The van der Waals surface area contributed by atoms with Gasteiger partial charge in [-0.2, -0.15) is 0 Å². The van der Waals surface area contributed by atoms with Gasteiger partial charge < -0.3 is 10.1 Å². The number of nitrogens with zero attached hydrogens (tertiary/aromatic N) is 1. The van der Waals surface area contributed by atoms with Crippen LogP contribution < -0.4 is 10.1 Å². The van der Waals surface area contributed by atoms with Crippen LogP contribution in [0.5, 0.6) is 11.5 Å². The van der Waals surface area contributed by atoms with Gasteiger partial charge in [0.05, 0.1) is 15.0 Å². The predicted molar refractivity (Wildman–Crippen MR) is 82.4 cm³/mol. The molecule has 0 amide bonds. The number of hydrogen-bond donors (Lipinski definition) is 1. The highest BCUT2D eigenvalue weighted by Gasteiger charge is 2.12.